The van der Waals surface area contributed by atoms with Crippen LogP contribution in [0.1, 0.15) is 75.8 Å². The zero-order chi connectivity index (χ0) is 35.9. The molecule has 0 spiro atoms. The van der Waals surface area contributed by atoms with Crippen LogP contribution in [0.5, 0.6) is 0 Å². The van der Waals surface area contributed by atoms with Crippen LogP contribution in [0.4, 0.5) is 4.79 Å². The Morgan fingerprint density at radius 2 is 1.74 bits per heavy atom. The number of methoxy groups -OCH3 is 2. The van der Waals surface area contributed by atoms with Crippen molar-refractivity contribution in [1.82, 2.24) is 14.5 Å². The van der Waals surface area contributed by atoms with Gasteiger partial charge in [0.25, 0.3) is 0 Å². The van der Waals surface area contributed by atoms with Gasteiger partial charge in [-0.25, -0.2) is 13.2 Å². The van der Waals surface area contributed by atoms with Crippen molar-refractivity contribution in [3.8, 4) is 0 Å². The molecule has 2 aliphatic rings. The Balaban J connectivity index is 1.29. The van der Waals surface area contributed by atoms with Crippen molar-refractivity contribution in [2.24, 2.45) is 0 Å². The minimum Gasteiger partial charge on any atom is -0.441 e. The number of rotatable bonds is 22. The third-order valence-corrected chi connectivity index (χ3v) is 11.3. The van der Waals surface area contributed by atoms with E-state index in [1.807, 2.05) is 49.4 Å². The molecule has 0 saturated carbocycles. The molecule has 4 rings (SSSR count). The number of nitrogens with one attached hydrogen (secondary N) is 1. The second-order valence-corrected chi connectivity index (χ2v) is 15.0. The number of carbonyl (C=O) groups excluding carboxylic acids is 2. The first-order chi connectivity index (χ1) is 24.2. The molecule has 1 saturated heterocycles. The second-order valence-electron chi connectivity index (χ2n) is 13.1. The third-order valence-electron chi connectivity index (χ3n) is 9.38. The molecule has 2 aromatic rings. The summed E-state index contributed by atoms with van der Waals surface area (Å²) in [5, 5.41) is 2.98. The van der Waals surface area contributed by atoms with Crippen molar-refractivity contribution >= 4 is 22.0 Å². The van der Waals surface area contributed by atoms with Gasteiger partial charge in [0.2, 0.25) is 15.9 Å². The Morgan fingerprint density at radius 3 is 2.44 bits per heavy atom. The molecule has 0 radical (unpaired) electrons. The van der Waals surface area contributed by atoms with Gasteiger partial charge in [0, 0.05) is 52.7 Å². The van der Waals surface area contributed by atoms with E-state index in [0.29, 0.717) is 38.8 Å². The normalized spacial score (nSPS) is 19.5. The van der Waals surface area contributed by atoms with E-state index in [9.17, 15) is 18.0 Å². The summed E-state index contributed by atoms with van der Waals surface area (Å²) in [7, 11) is -0.681. The Kier molecular flexibility index (Phi) is 15.7. The fourth-order valence-electron chi connectivity index (χ4n) is 6.52. The summed E-state index contributed by atoms with van der Waals surface area (Å²) in [5.74, 6) is -0.160. The molecule has 4 atom stereocenters. The molecule has 0 bridgehead atoms. The van der Waals surface area contributed by atoms with Gasteiger partial charge in [-0.3, -0.25) is 9.69 Å². The topological polar surface area (TPSA) is 124 Å². The number of aryl methyl sites for hydroxylation is 1. The number of ether oxygens (including phenoxy) is 4. The summed E-state index contributed by atoms with van der Waals surface area (Å²) in [6.07, 6.45) is 8.54. The Bertz CT molecular complexity index is 1470. The van der Waals surface area contributed by atoms with Crippen LogP contribution in [0, 0.1) is 6.92 Å². The van der Waals surface area contributed by atoms with E-state index < -0.39 is 28.5 Å². The lowest BCUT2D eigenvalue weighted by molar-refractivity contribution is -0.122. The Morgan fingerprint density at radius 1 is 1.00 bits per heavy atom. The summed E-state index contributed by atoms with van der Waals surface area (Å²) in [5.41, 5.74) is 2.04. The molecule has 11 nitrogen and oxygen atoms in total. The largest absolute Gasteiger partial charge is 0.441 e. The van der Waals surface area contributed by atoms with Gasteiger partial charge >= 0.3 is 6.09 Å². The van der Waals surface area contributed by atoms with Crippen LogP contribution in [-0.2, 0) is 40.4 Å². The molecular formula is C38H55N3O8S. The Labute approximate surface area is 298 Å². The van der Waals surface area contributed by atoms with Crippen LogP contribution in [0.25, 0.3) is 0 Å². The molecule has 50 heavy (non-hydrogen) atoms. The van der Waals surface area contributed by atoms with E-state index in [1.165, 1.54) is 18.5 Å². The molecule has 2 aliphatic heterocycles. The van der Waals surface area contributed by atoms with Crippen molar-refractivity contribution in [1.29, 1.82) is 0 Å². The molecule has 2 aromatic carbocycles. The fourth-order valence-corrected chi connectivity index (χ4v) is 8.02. The maximum atomic E-state index is 13.5. The van der Waals surface area contributed by atoms with Crippen LogP contribution in [-0.4, -0.2) is 94.1 Å². The molecule has 12 heteroatoms. The maximum Gasteiger partial charge on any atom is 0.411 e. The number of amides is 2. The number of nitrogens with zero attached hydrogens (tertiary/aromatic N) is 2. The van der Waals surface area contributed by atoms with Crippen LogP contribution in [0.2, 0.25) is 0 Å². The summed E-state index contributed by atoms with van der Waals surface area (Å²) in [4.78, 5) is 28.3. The fraction of sp³-hybridized carbons (Fsp3) is 0.579. The minimum atomic E-state index is -3.73. The SMILES string of the molecule is CCCCC[C@H](OCc1ccccc1)[C@@H]1OC(=O)N2[C@@H](CC(=O)NCCCCN(CCC(OC)OC)S(=O)(=O)c3ccc(C)cc3)CC=C[C@H]12. The van der Waals surface area contributed by atoms with E-state index in [2.05, 4.69) is 12.2 Å². The standard InChI is InChI=1S/C38H55N3O8S/c1-5-6-8-18-34(48-28-30-14-9-7-10-15-30)37-33-17-13-16-31(41(33)38(43)49-37)27-35(42)39-24-11-12-25-40(26-23-36(46-3)47-4)50(44,45)32-21-19-29(2)20-22-32/h7,9-10,13-15,17,19-22,31,33-34,36-37H,5-6,8,11-12,16,18,23-28H2,1-4H3,(H,39,42)/t31-,33-,34+,37-/m1/s1. The zero-order valence-corrected chi connectivity index (χ0v) is 30.8. The number of benzene rings is 2. The lowest BCUT2D eigenvalue weighted by Gasteiger charge is -2.34. The lowest BCUT2D eigenvalue weighted by atomic mass is 9.93. The molecule has 0 aromatic heterocycles. The predicted octanol–water partition coefficient (Wildman–Crippen LogP) is 5.96. The molecule has 2 amide bonds. The monoisotopic (exact) mass is 713 g/mol. The van der Waals surface area contributed by atoms with E-state index in [-0.39, 0.29) is 48.5 Å². The van der Waals surface area contributed by atoms with Gasteiger partial charge in [0.05, 0.1) is 23.6 Å². The van der Waals surface area contributed by atoms with Gasteiger partial charge in [0.1, 0.15) is 0 Å². The van der Waals surface area contributed by atoms with Crippen molar-refractivity contribution in [2.45, 2.75) is 114 Å². The highest BCUT2D eigenvalue weighted by atomic mass is 32.2. The van der Waals surface area contributed by atoms with Crippen LogP contribution in [0.15, 0.2) is 71.6 Å². The van der Waals surface area contributed by atoms with Gasteiger partial charge in [-0.05, 0) is 50.3 Å². The first kappa shape index (κ1) is 39.5. The van der Waals surface area contributed by atoms with E-state index >= 15 is 0 Å². The van der Waals surface area contributed by atoms with Gasteiger partial charge in [-0.1, -0.05) is 86.4 Å². The summed E-state index contributed by atoms with van der Waals surface area (Å²) in [6, 6.07) is 16.2. The number of cyclic esters (lactones) is 1. The molecule has 276 valence electrons. The molecule has 0 aliphatic carbocycles. The maximum absolute atomic E-state index is 13.5. The molecular weight excluding hydrogens is 658 g/mol. The molecule has 2 heterocycles. The average molecular weight is 714 g/mol. The average Bonchev–Trinajstić information content (AvgIpc) is 3.46. The van der Waals surface area contributed by atoms with Gasteiger partial charge in [-0.15, -0.1) is 0 Å². The number of hydrogen-bond acceptors (Lipinski definition) is 8. The first-order valence-corrected chi connectivity index (χ1v) is 19.3. The quantitative estimate of drug-likeness (QED) is 0.0901. The van der Waals surface area contributed by atoms with E-state index in [1.54, 1.807) is 29.2 Å². The van der Waals surface area contributed by atoms with Crippen molar-refractivity contribution in [3.05, 3.63) is 77.9 Å². The third kappa shape index (κ3) is 11.1. The van der Waals surface area contributed by atoms with Crippen molar-refractivity contribution < 1.29 is 37.0 Å². The molecule has 1 N–H and O–H groups in total. The highest BCUT2D eigenvalue weighted by Crippen LogP contribution is 2.34. The predicted molar refractivity (Wildman–Crippen MR) is 192 cm³/mol. The molecule has 1 fully saturated rings. The summed E-state index contributed by atoms with van der Waals surface area (Å²) < 4.78 is 51.3. The highest BCUT2D eigenvalue weighted by molar-refractivity contribution is 7.89. The zero-order valence-electron chi connectivity index (χ0n) is 30.0. The number of sulfonamides is 1. The molecule has 0 unspecified atom stereocenters. The number of fused-ring (bicyclic) bond motifs is 1. The Hall–Kier alpha value is -3.29. The summed E-state index contributed by atoms with van der Waals surface area (Å²) in [6.45, 7) is 5.41. The van der Waals surface area contributed by atoms with Crippen LogP contribution in [0.3, 0.4) is 0 Å². The van der Waals surface area contributed by atoms with Crippen LogP contribution < -0.4 is 5.32 Å². The second kappa shape index (κ2) is 19.9. The summed E-state index contributed by atoms with van der Waals surface area (Å²) >= 11 is 0. The highest BCUT2D eigenvalue weighted by Gasteiger charge is 2.49. The smallest absolute Gasteiger partial charge is 0.411 e. The number of carbonyl (C=O) groups is 2. The number of unbranched alkanes of at least 4 members (excludes halogenated alkanes) is 3. The van der Waals surface area contributed by atoms with Gasteiger partial charge < -0.3 is 24.3 Å². The van der Waals surface area contributed by atoms with E-state index in [4.69, 9.17) is 18.9 Å². The minimum absolute atomic E-state index is 0.150. The number of hydrogen-bond donors (Lipinski definition) is 1. The van der Waals surface area contributed by atoms with E-state index in [0.717, 1.165) is 36.8 Å². The first-order valence-electron chi connectivity index (χ1n) is 17.9. The van der Waals surface area contributed by atoms with Crippen molar-refractivity contribution in [3.63, 3.8) is 0 Å². The lowest BCUT2D eigenvalue weighted by Crippen LogP contribution is -2.49. The van der Waals surface area contributed by atoms with Gasteiger partial charge in [-0.2, -0.15) is 4.31 Å². The van der Waals surface area contributed by atoms with Crippen LogP contribution >= 0.6 is 0 Å². The van der Waals surface area contributed by atoms with Crippen molar-refractivity contribution in [2.75, 3.05) is 33.9 Å². The van der Waals surface area contributed by atoms with Gasteiger partial charge in [0.15, 0.2) is 12.4 Å².